The maximum absolute atomic E-state index is 13.3. The van der Waals surface area contributed by atoms with Crippen molar-refractivity contribution in [1.29, 1.82) is 0 Å². The van der Waals surface area contributed by atoms with Crippen molar-refractivity contribution in [2.24, 2.45) is 16.1 Å². The summed E-state index contributed by atoms with van der Waals surface area (Å²) in [4.78, 5) is 15.9. The second kappa shape index (κ2) is 10.3. The normalized spacial score (nSPS) is 12.3. The highest BCUT2D eigenvalue weighted by Gasteiger charge is 2.26. The third-order valence-corrected chi connectivity index (χ3v) is 4.31. The van der Waals surface area contributed by atoms with E-state index in [0.717, 1.165) is 5.56 Å². The summed E-state index contributed by atoms with van der Waals surface area (Å²) in [6, 6.07) is 4.41. The lowest BCUT2D eigenvalue weighted by Crippen LogP contribution is -2.44. The van der Waals surface area contributed by atoms with Gasteiger partial charge in [-0.1, -0.05) is 31.5 Å². The van der Waals surface area contributed by atoms with Gasteiger partial charge >= 0.3 is 0 Å². The fraction of sp³-hybridized carbons (Fsp3) is 0.556. The molecule has 148 valence electrons. The van der Waals surface area contributed by atoms with Crippen molar-refractivity contribution in [3.05, 3.63) is 34.6 Å². The highest BCUT2D eigenvalue weighted by atomic mass is 127. The predicted molar refractivity (Wildman–Crippen MR) is 117 cm³/mol. The number of amides is 1. The Morgan fingerprint density at radius 2 is 1.88 bits per heavy atom. The van der Waals surface area contributed by atoms with Gasteiger partial charge in [0.2, 0.25) is 5.91 Å². The summed E-state index contributed by atoms with van der Waals surface area (Å²) in [5.41, 5.74) is 5.16. The van der Waals surface area contributed by atoms with Gasteiger partial charge in [-0.2, -0.15) is 0 Å². The first-order valence-electron chi connectivity index (χ1n) is 8.27. The molecule has 0 saturated carbocycles. The summed E-state index contributed by atoms with van der Waals surface area (Å²) in [6.07, 6.45) is 0. The van der Waals surface area contributed by atoms with Gasteiger partial charge < -0.3 is 16.4 Å². The van der Waals surface area contributed by atoms with E-state index in [4.69, 9.17) is 17.3 Å². The predicted octanol–water partition coefficient (Wildman–Crippen LogP) is 3.44. The molecule has 1 rings (SSSR count). The molecule has 1 aromatic carbocycles. The molecule has 0 atom stereocenters. The van der Waals surface area contributed by atoms with Crippen LogP contribution in [-0.2, 0) is 10.2 Å². The Balaban J connectivity index is 0.00000625. The van der Waals surface area contributed by atoms with Crippen LogP contribution in [0.4, 0.5) is 4.39 Å². The Morgan fingerprint density at radius 1 is 1.27 bits per heavy atom. The quantitative estimate of drug-likeness (QED) is 0.306. The standard InChI is InChI=1S/C18H28ClFN4O.HI/c1-6-22-16(24-11-18(4,5)15(21)25)23-10-17(2,3)13-8-7-12(20)9-14(13)19;/h7-9H,6,10-11H2,1-5H3,(H2,21,25)(H2,22,23,24);1H. The van der Waals surface area contributed by atoms with E-state index in [2.05, 4.69) is 15.6 Å². The zero-order valence-corrected chi connectivity index (χ0v) is 19.0. The number of halogens is 3. The molecule has 0 heterocycles. The van der Waals surface area contributed by atoms with E-state index in [1.165, 1.54) is 12.1 Å². The van der Waals surface area contributed by atoms with Crippen LogP contribution in [0, 0.1) is 11.2 Å². The first kappa shape index (κ1) is 24.9. The van der Waals surface area contributed by atoms with Gasteiger partial charge in [0.25, 0.3) is 0 Å². The van der Waals surface area contributed by atoms with Crippen LogP contribution in [0.5, 0.6) is 0 Å². The molecule has 0 saturated heterocycles. The number of nitrogens with one attached hydrogen (secondary N) is 2. The lowest BCUT2D eigenvalue weighted by molar-refractivity contribution is -0.125. The van der Waals surface area contributed by atoms with Crippen LogP contribution in [0.2, 0.25) is 5.02 Å². The minimum absolute atomic E-state index is 0. The number of nitrogens with two attached hydrogens (primary N) is 1. The molecule has 4 N–H and O–H groups in total. The molecule has 0 unspecified atom stereocenters. The Labute approximate surface area is 177 Å². The van der Waals surface area contributed by atoms with Crippen molar-refractivity contribution in [3.63, 3.8) is 0 Å². The fourth-order valence-electron chi connectivity index (χ4n) is 2.13. The van der Waals surface area contributed by atoms with Gasteiger partial charge in [0, 0.05) is 23.5 Å². The average Bonchev–Trinajstić information content (AvgIpc) is 2.49. The monoisotopic (exact) mass is 498 g/mol. The molecule has 8 heteroatoms. The third kappa shape index (κ3) is 7.26. The van der Waals surface area contributed by atoms with Crippen LogP contribution in [0.1, 0.15) is 40.2 Å². The van der Waals surface area contributed by atoms with Crippen molar-refractivity contribution in [2.75, 3.05) is 19.6 Å². The van der Waals surface area contributed by atoms with E-state index in [9.17, 15) is 9.18 Å². The van der Waals surface area contributed by atoms with E-state index in [0.29, 0.717) is 24.1 Å². The molecular formula is C18H29ClFIN4O. The number of aliphatic imine (C=N–C) groups is 1. The van der Waals surface area contributed by atoms with Crippen LogP contribution < -0.4 is 16.4 Å². The number of guanidine groups is 1. The molecule has 0 fully saturated rings. The van der Waals surface area contributed by atoms with Crippen molar-refractivity contribution in [3.8, 4) is 0 Å². The van der Waals surface area contributed by atoms with Crippen molar-refractivity contribution < 1.29 is 9.18 Å². The molecule has 0 aromatic heterocycles. The molecule has 0 aliphatic rings. The first-order valence-corrected chi connectivity index (χ1v) is 8.65. The zero-order chi connectivity index (χ0) is 19.3. The summed E-state index contributed by atoms with van der Waals surface area (Å²) < 4.78 is 13.3. The second-order valence-electron chi connectivity index (χ2n) is 7.30. The van der Waals surface area contributed by atoms with Crippen LogP contribution in [0.3, 0.4) is 0 Å². The molecule has 0 radical (unpaired) electrons. The molecular weight excluding hydrogens is 470 g/mol. The number of primary amides is 1. The van der Waals surface area contributed by atoms with Gasteiger partial charge in [-0.25, -0.2) is 4.39 Å². The number of carbonyl (C=O) groups is 1. The van der Waals surface area contributed by atoms with Crippen LogP contribution in [0.25, 0.3) is 0 Å². The minimum Gasteiger partial charge on any atom is -0.369 e. The topological polar surface area (TPSA) is 79.5 Å². The van der Waals surface area contributed by atoms with E-state index in [1.54, 1.807) is 19.9 Å². The average molecular weight is 499 g/mol. The lowest BCUT2D eigenvalue weighted by Gasteiger charge is -2.28. The molecule has 0 aliphatic heterocycles. The van der Waals surface area contributed by atoms with Crippen molar-refractivity contribution in [1.82, 2.24) is 10.6 Å². The molecule has 0 aliphatic carbocycles. The number of hydrogen-bond acceptors (Lipinski definition) is 2. The highest BCUT2D eigenvalue weighted by molar-refractivity contribution is 14.0. The van der Waals surface area contributed by atoms with Crippen LogP contribution in [0.15, 0.2) is 23.2 Å². The molecule has 0 bridgehead atoms. The molecule has 1 aromatic rings. The van der Waals surface area contributed by atoms with Gasteiger partial charge in [-0.05, 0) is 38.5 Å². The van der Waals surface area contributed by atoms with Crippen LogP contribution >= 0.6 is 35.6 Å². The van der Waals surface area contributed by atoms with Gasteiger partial charge in [-0.3, -0.25) is 9.79 Å². The summed E-state index contributed by atoms with van der Waals surface area (Å²) in [5.74, 6) is -0.172. The van der Waals surface area contributed by atoms with E-state index >= 15 is 0 Å². The Bertz CT molecular complexity index is 650. The maximum Gasteiger partial charge on any atom is 0.224 e. The lowest BCUT2D eigenvalue weighted by atomic mass is 9.84. The number of rotatable bonds is 7. The largest absolute Gasteiger partial charge is 0.369 e. The van der Waals surface area contributed by atoms with Gasteiger partial charge in [0.1, 0.15) is 5.82 Å². The fourth-order valence-corrected chi connectivity index (χ4v) is 2.56. The number of carbonyl (C=O) groups excluding carboxylic acids is 1. The summed E-state index contributed by atoms with van der Waals surface area (Å²) in [7, 11) is 0. The molecule has 0 spiro atoms. The third-order valence-electron chi connectivity index (χ3n) is 4.00. The molecule has 1 amide bonds. The summed E-state index contributed by atoms with van der Waals surface area (Å²) in [5, 5.41) is 6.78. The van der Waals surface area contributed by atoms with E-state index in [1.807, 2.05) is 20.8 Å². The number of nitrogens with zero attached hydrogens (tertiary/aromatic N) is 1. The smallest absolute Gasteiger partial charge is 0.224 e. The van der Waals surface area contributed by atoms with Crippen LogP contribution in [-0.4, -0.2) is 31.5 Å². The number of benzene rings is 1. The zero-order valence-electron chi connectivity index (χ0n) is 16.0. The molecule has 5 nitrogen and oxygen atoms in total. The second-order valence-corrected chi connectivity index (χ2v) is 7.71. The van der Waals surface area contributed by atoms with Gasteiger partial charge in [-0.15, -0.1) is 24.0 Å². The van der Waals surface area contributed by atoms with E-state index in [-0.39, 0.29) is 41.8 Å². The van der Waals surface area contributed by atoms with E-state index < -0.39 is 11.3 Å². The molecule has 26 heavy (non-hydrogen) atoms. The Hall–Kier alpha value is -1.09. The summed E-state index contributed by atoms with van der Waals surface area (Å²) >= 11 is 6.18. The van der Waals surface area contributed by atoms with Gasteiger partial charge in [0.15, 0.2) is 5.96 Å². The number of hydrogen-bond donors (Lipinski definition) is 3. The van der Waals surface area contributed by atoms with Crippen molar-refractivity contribution >= 4 is 47.4 Å². The first-order chi connectivity index (χ1) is 11.5. The van der Waals surface area contributed by atoms with Gasteiger partial charge in [0.05, 0.1) is 12.0 Å². The minimum atomic E-state index is -0.724. The SMILES string of the molecule is CCNC(=NCC(C)(C)C(N)=O)NCC(C)(C)c1ccc(F)cc1Cl.I. The maximum atomic E-state index is 13.3. The summed E-state index contributed by atoms with van der Waals surface area (Å²) in [6.45, 7) is 11.0. The van der Waals surface area contributed by atoms with Crippen molar-refractivity contribution in [2.45, 2.75) is 40.0 Å². The highest BCUT2D eigenvalue weighted by Crippen LogP contribution is 2.29. The Morgan fingerprint density at radius 3 is 2.38 bits per heavy atom. The Kier molecular flexibility index (Phi) is 9.87.